The Hall–Kier alpha value is -2.37. The molecule has 2 N–H and O–H groups in total. The molecule has 0 spiro atoms. The Labute approximate surface area is 123 Å². The van der Waals surface area contributed by atoms with E-state index in [1.807, 2.05) is 26.1 Å². The van der Waals surface area contributed by atoms with Crippen LogP contribution in [0.15, 0.2) is 30.6 Å². The number of nitrogens with zero attached hydrogens (tertiary/aromatic N) is 3. The minimum Gasteiger partial charge on any atom is -0.331 e. The summed E-state index contributed by atoms with van der Waals surface area (Å²) in [7, 11) is 1.86. The maximum absolute atomic E-state index is 12.1. The SMILES string of the molecule is C[C@@H](NC(=O)N[C@H]1CCc2ccccc21)c1nncn1C. The highest BCUT2D eigenvalue weighted by molar-refractivity contribution is 5.75. The van der Waals surface area contributed by atoms with Gasteiger partial charge in [-0.25, -0.2) is 4.79 Å². The molecule has 1 aliphatic rings. The molecule has 3 rings (SSSR count). The molecule has 21 heavy (non-hydrogen) atoms. The number of aromatic nitrogens is 3. The Morgan fingerprint density at radius 1 is 1.43 bits per heavy atom. The summed E-state index contributed by atoms with van der Waals surface area (Å²) in [4.78, 5) is 12.1. The van der Waals surface area contributed by atoms with Gasteiger partial charge in [0.05, 0.1) is 12.1 Å². The van der Waals surface area contributed by atoms with E-state index in [2.05, 4.69) is 33.0 Å². The molecule has 0 fully saturated rings. The van der Waals surface area contributed by atoms with E-state index in [0.29, 0.717) is 0 Å². The highest BCUT2D eigenvalue weighted by atomic mass is 16.2. The lowest BCUT2D eigenvalue weighted by Gasteiger charge is -2.18. The summed E-state index contributed by atoms with van der Waals surface area (Å²) in [5.74, 6) is 0.733. The van der Waals surface area contributed by atoms with Crippen molar-refractivity contribution in [2.45, 2.75) is 31.8 Å². The third-order valence-corrected chi connectivity index (χ3v) is 3.92. The normalized spacial score (nSPS) is 18.1. The first-order valence-electron chi connectivity index (χ1n) is 7.14. The third kappa shape index (κ3) is 2.74. The number of hydrogen-bond donors (Lipinski definition) is 2. The van der Waals surface area contributed by atoms with E-state index < -0.39 is 0 Å². The van der Waals surface area contributed by atoms with Gasteiger partial charge in [-0.2, -0.15) is 0 Å². The Kier molecular flexibility index (Phi) is 3.60. The molecule has 6 nitrogen and oxygen atoms in total. The number of carbonyl (C=O) groups excluding carboxylic acids is 1. The number of rotatable bonds is 3. The molecule has 0 radical (unpaired) electrons. The quantitative estimate of drug-likeness (QED) is 0.904. The van der Waals surface area contributed by atoms with E-state index >= 15 is 0 Å². The lowest BCUT2D eigenvalue weighted by Crippen LogP contribution is -2.39. The zero-order chi connectivity index (χ0) is 14.8. The van der Waals surface area contributed by atoms with Crippen molar-refractivity contribution in [3.8, 4) is 0 Å². The van der Waals surface area contributed by atoms with Gasteiger partial charge < -0.3 is 15.2 Å². The van der Waals surface area contributed by atoms with Crippen LogP contribution in [0.4, 0.5) is 4.79 Å². The highest BCUT2D eigenvalue weighted by Crippen LogP contribution is 2.30. The molecule has 110 valence electrons. The van der Waals surface area contributed by atoms with Gasteiger partial charge in [-0.15, -0.1) is 10.2 Å². The summed E-state index contributed by atoms with van der Waals surface area (Å²) < 4.78 is 1.80. The molecule has 1 aromatic heterocycles. The van der Waals surface area contributed by atoms with Gasteiger partial charge >= 0.3 is 6.03 Å². The average Bonchev–Trinajstić information content (AvgIpc) is 3.06. The van der Waals surface area contributed by atoms with Crippen LogP contribution in [0.1, 0.15) is 42.4 Å². The van der Waals surface area contributed by atoms with Crippen molar-refractivity contribution >= 4 is 6.03 Å². The van der Waals surface area contributed by atoms with Gasteiger partial charge in [-0.3, -0.25) is 0 Å². The number of benzene rings is 1. The van der Waals surface area contributed by atoms with E-state index in [4.69, 9.17) is 0 Å². The minimum atomic E-state index is -0.186. The summed E-state index contributed by atoms with van der Waals surface area (Å²) in [5, 5.41) is 13.8. The van der Waals surface area contributed by atoms with Crippen LogP contribution in [0.2, 0.25) is 0 Å². The number of fused-ring (bicyclic) bond motifs is 1. The fourth-order valence-electron chi connectivity index (χ4n) is 2.85. The second kappa shape index (κ2) is 5.55. The van der Waals surface area contributed by atoms with Crippen LogP contribution < -0.4 is 10.6 Å². The molecule has 0 aliphatic heterocycles. The first kappa shape index (κ1) is 13.6. The van der Waals surface area contributed by atoms with Crippen molar-refractivity contribution < 1.29 is 4.79 Å². The Morgan fingerprint density at radius 3 is 3.00 bits per heavy atom. The van der Waals surface area contributed by atoms with Crippen molar-refractivity contribution in [1.82, 2.24) is 25.4 Å². The largest absolute Gasteiger partial charge is 0.331 e. The predicted molar refractivity (Wildman–Crippen MR) is 78.6 cm³/mol. The summed E-state index contributed by atoms with van der Waals surface area (Å²) in [5.41, 5.74) is 2.54. The standard InChI is InChI=1S/C15H19N5O/c1-10(14-19-16-9-20(14)2)17-15(21)18-13-8-7-11-5-3-4-6-12(11)13/h3-6,9-10,13H,7-8H2,1-2H3,(H2,17,18,21)/t10-,13+/m1/s1. The smallest absolute Gasteiger partial charge is 0.315 e. The topological polar surface area (TPSA) is 71.8 Å². The van der Waals surface area contributed by atoms with Gasteiger partial charge in [-0.05, 0) is 30.9 Å². The number of aryl methyl sites for hydroxylation is 2. The van der Waals surface area contributed by atoms with Crippen LogP contribution in [0.25, 0.3) is 0 Å². The summed E-state index contributed by atoms with van der Waals surface area (Å²) >= 11 is 0. The monoisotopic (exact) mass is 285 g/mol. The summed E-state index contributed by atoms with van der Waals surface area (Å²) in [6.07, 6.45) is 3.59. The Bertz CT molecular complexity index is 651. The molecule has 0 bridgehead atoms. The first-order valence-corrected chi connectivity index (χ1v) is 7.14. The second-order valence-electron chi connectivity index (χ2n) is 5.43. The molecule has 0 unspecified atom stereocenters. The first-order chi connectivity index (χ1) is 10.1. The fraction of sp³-hybridized carbons (Fsp3) is 0.400. The van der Waals surface area contributed by atoms with Crippen molar-refractivity contribution in [2.24, 2.45) is 7.05 Å². The lowest BCUT2D eigenvalue weighted by molar-refractivity contribution is 0.233. The summed E-state index contributed by atoms with van der Waals surface area (Å²) in [6.45, 7) is 1.90. The van der Waals surface area contributed by atoms with Crippen LogP contribution in [0.5, 0.6) is 0 Å². The molecule has 1 heterocycles. The molecule has 0 saturated carbocycles. The minimum absolute atomic E-state index is 0.0906. The predicted octanol–water partition coefficient (Wildman–Crippen LogP) is 1.86. The van der Waals surface area contributed by atoms with Gasteiger partial charge in [0, 0.05) is 7.05 Å². The maximum Gasteiger partial charge on any atom is 0.315 e. The maximum atomic E-state index is 12.1. The van der Waals surface area contributed by atoms with Crippen molar-refractivity contribution in [3.05, 3.63) is 47.5 Å². The van der Waals surface area contributed by atoms with Crippen LogP contribution >= 0.6 is 0 Å². The van der Waals surface area contributed by atoms with Crippen molar-refractivity contribution in [3.63, 3.8) is 0 Å². The molecule has 0 saturated heterocycles. The van der Waals surface area contributed by atoms with Gasteiger partial charge in [0.15, 0.2) is 5.82 Å². The molecule has 2 atom stereocenters. The van der Waals surface area contributed by atoms with E-state index in [1.165, 1.54) is 11.1 Å². The second-order valence-corrected chi connectivity index (χ2v) is 5.43. The molecule has 6 heteroatoms. The van der Waals surface area contributed by atoms with Crippen LogP contribution in [0.3, 0.4) is 0 Å². The van der Waals surface area contributed by atoms with E-state index in [-0.39, 0.29) is 18.1 Å². The van der Waals surface area contributed by atoms with Crippen molar-refractivity contribution in [1.29, 1.82) is 0 Å². The lowest BCUT2D eigenvalue weighted by atomic mass is 10.1. The van der Waals surface area contributed by atoms with E-state index in [1.54, 1.807) is 10.9 Å². The van der Waals surface area contributed by atoms with Crippen molar-refractivity contribution in [2.75, 3.05) is 0 Å². The summed E-state index contributed by atoms with van der Waals surface area (Å²) in [6, 6.07) is 7.99. The molecular formula is C15H19N5O. The van der Waals surface area contributed by atoms with E-state index in [0.717, 1.165) is 18.7 Å². The Morgan fingerprint density at radius 2 is 2.24 bits per heavy atom. The molecule has 1 aromatic carbocycles. The Balaban J connectivity index is 1.62. The fourth-order valence-corrected chi connectivity index (χ4v) is 2.85. The molecule has 1 aliphatic carbocycles. The van der Waals surface area contributed by atoms with Crippen LogP contribution in [-0.4, -0.2) is 20.8 Å². The molecular weight excluding hydrogens is 266 g/mol. The molecule has 2 amide bonds. The van der Waals surface area contributed by atoms with Gasteiger partial charge in [0.25, 0.3) is 0 Å². The number of urea groups is 1. The van der Waals surface area contributed by atoms with Gasteiger partial charge in [0.1, 0.15) is 6.33 Å². The number of nitrogens with one attached hydrogen (secondary N) is 2. The van der Waals surface area contributed by atoms with Gasteiger partial charge in [-0.1, -0.05) is 24.3 Å². The number of hydrogen-bond acceptors (Lipinski definition) is 3. The highest BCUT2D eigenvalue weighted by Gasteiger charge is 2.24. The zero-order valence-corrected chi connectivity index (χ0v) is 12.2. The third-order valence-electron chi connectivity index (χ3n) is 3.92. The molecule has 2 aromatic rings. The zero-order valence-electron chi connectivity index (χ0n) is 12.2. The number of amides is 2. The number of carbonyl (C=O) groups is 1. The van der Waals surface area contributed by atoms with E-state index in [9.17, 15) is 4.79 Å². The van der Waals surface area contributed by atoms with Crippen LogP contribution in [0, 0.1) is 0 Å². The van der Waals surface area contributed by atoms with Gasteiger partial charge in [0.2, 0.25) is 0 Å². The van der Waals surface area contributed by atoms with Crippen LogP contribution in [-0.2, 0) is 13.5 Å². The average molecular weight is 285 g/mol.